The molecule has 0 saturated carbocycles. The Labute approximate surface area is 781 Å². The van der Waals surface area contributed by atoms with E-state index in [-0.39, 0.29) is 58.9 Å². The summed E-state index contributed by atoms with van der Waals surface area (Å²) < 4.78 is 119. The minimum atomic E-state index is -4.53. The van der Waals surface area contributed by atoms with Gasteiger partial charge in [-0.05, 0) is 144 Å². The lowest BCUT2D eigenvalue weighted by Gasteiger charge is -2.28. The molecule has 4 amide bonds. The summed E-state index contributed by atoms with van der Waals surface area (Å²) in [6.07, 6.45) is 12.0. The van der Waals surface area contributed by atoms with Crippen molar-refractivity contribution in [3.8, 4) is 44.5 Å². The Balaban J connectivity index is 0.000000109. The molecule has 12 aromatic rings. The van der Waals surface area contributed by atoms with Gasteiger partial charge in [-0.3, -0.25) is 56.6 Å². The van der Waals surface area contributed by atoms with Gasteiger partial charge in [0.1, 0.15) is 0 Å². The molecule has 0 bridgehead atoms. The first-order valence-electron chi connectivity index (χ1n) is 47.1. The van der Waals surface area contributed by atoms with Gasteiger partial charge in [0.25, 0.3) is 0 Å². The SMILES string of the molecule is CC(=O)N1CCc2c(c(N3CCc4cc(-c5cn(C)nc5C(F)(F)F)ccc43)nn2[C@@H]2CCOC2)C1.CC(=O)N1CCc2c(c(N3CCc4cc(-c5cn(C)nc5C(F)(F)F)ccc43)nn2[C@H]2CCOC2)C1.CC(=O)N1CCc2c(c(N3CCc4cc(-c5cnn(C)c5)ccc43)nn2[C@@H]2CCOC2)C1.CC(=O)N1CCc2c(c(N3CCc4cc(-c5cnn(C)c5)ccc43)nn2[C@H]2CCOC2)C1. The van der Waals surface area contributed by atoms with Crippen molar-refractivity contribution in [2.24, 2.45) is 28.2 Å². The lowest BCUT2D eigenvalue weighted by molar-refractivity contribution is -0.141. The van der Waals surface area contributed by atoms with Crippen LogP contribution < -0.4 is 19.6 Å². The average molecular weight is 1870 g/mol. The van der Waals surface area contributed by atoms with Gasteiger partial charge in [-0.25, -0.2) is 0 Å². The lowest BCUT2D eigenvalue weighted by atomic mass is 10.0. The van der Waals surface area contributed by atoms with Crippen LogP contribution >= 0.6 is 0 Å². The van der Waals surface area contributed by atoms with Gasteiger partial charge in [-0.2, -0.15) is 67.1 Å². The van der Waals surface area contributed by atoms with E-state index >= 15 is 0 Å². The third-order valence-corrected chi connectivity index (χ3v) is 28.9. The fraction of sp³-hybridized carbons (Fsp3) is 0.469. The topological polar surface area (TPSA) is 274 Å². The predicted octanol–water partition coefficient (Wildman–Crippen LogP) is 13.4. The molecule has 4 aromatic carbocycles. The molecule has 0 spiro atoms. The third-order valence-electron chi connectivity index (χ3n) is 28.9. The molecule has 136 heavy (non-hydrogen) atoms. The van der Waals surface area contributed by atoms with Gasteiger partial charge < -0.3 is 58.1 Å². The highest BCUT2D eigenvalue weighted by Gasteiger charge is 2.44. The van der Waals surface area contributed by atoms with Gasteiger partial charge in [0.05, 0.1) is 89.2 Å². The molecular weight excluding hydrogens is 1760 g/mol. The van der Waals surface area contributed by atoms with E-state index in [1.54, 1.807) is 39.8 Å². The fourth-order valence-electron chi connectivity index (χ4n) is 21.9. The number of aryl methyl sites for hydroxylation is 4. The van der Waals surface area contributed by atoms with Crippen molar-refractivity contribution >= 4 is 69.6 Å². The van der Waals surface area contributed by atoms with Crippen molar-refractivity contribution in [1.82, 2.24) is 97.8 Å². The van der Waals surface area contributed by atoms with E-state index in [9.17, 15) is 45.5 Å². The van der Waals surface area contributed by atoms with Crippen molar-refractivity contribution in [2.45, 2.75) is 167 Å². The van der Waals surface area contributed by atoms with Crippen LogP contribution in [0.2, 0.25) is 0 Å². The minimum absolute atomic E-state index is 0.0342. The number of benzene rings is 4. The second-order valence-corrected chi connectivity index (χ2v) is 37.5. The van der Waals surface area contributed by atoms with Gasteiger partial charge in [0.15, 0.2) is 34.7 Å². The van der Waals surface area contributed by atoms with E-state index in [0.717, 1.165) is 196 Å². The number of ether oxygens (including phenoxy) is 4. The highest BCUT2D eigenvalue weighted by atomic mass is 19.4. The van der Waals surface area contributed by atoms with Crippen molar-refractivity contribution in [2.75, 3.05) is 125 Å². The molecule has 12 aliphatic heterocycles. The molecule has 0 unspecified atom stereocenters. The summed E-state index contributed by atoms with van der Waals surface area (Å²) in [5.74, 6) is 3.98. The summed E-state index contributed by atoms with van der Waals surface area (Å²) in [4.78, 5) is 65.1. The maximum Gasteiger partial charge on any atom is 0.435 e. The number of amides is 4. The van der Waals surface area contributed by atoms with Crippen LogP contribution in [-0.2, 0) is 156 Å². The molecule has 8 aromatic heterocycles. The standard InChI is InChI=1S/2C25H27F3N6O2.2C24H28N6O2/c2*1-15(35)32-8-6-22-20(13-32)24(30-34(22)18-7-10-36-14-18)33-9-5-17-11-16(3-4-21(17)33)19-12-31(2)29-23(19)25(26,27)28;2*1-16(31)28-8-6-23-21(14-28)24(26-30(23)20-7-10-32-15-20)29-9-5-18-11-17(3-4-22(18)29)19-12-25-27(2)13-19/h2*3-4,11-12,18H,5-10,13-14H2,1-2H3;2*3-4,11-13,20H,5-10,14-15H2,1-2H3/t2*18-;2*20-/m1010/s1. The quantitative estimate of drug-likeness (QED) is 0.103. The average Bonchev–Trinajstić information content (AvgIpc) is 1.60. The zero-order chi connectivity index (χ0) is 94.0. The number of anilines is 8. The number of carbonyl (C=O) groups is 4. The molecule has 4 atom stereocenters. The van der Waals surface area contributed by atoms with E-state index < -0.39 is 23.7 Å². The third kappa shape index (κ3) is 16.9. The molecule has 24 rings (SSSR count). The number of alkyl halides is 6. The number of carbonyl (C=O) groups excluding carboxylic acids is 4. The Morgan fingerprint density at radius 2 is 0.588 bits per heavy atom. The van der Waals surface area contributed by atoms with Crippen molar-refractivity contribution < 1.29 is 64.5 Å². The smallest absolute Gasteiger partial charge is 0.379 e. The maximum absolute atomic E-state index is 13.6. The first kappa shape index (κ1) is 89.6. The Kier molecular flexibility index (Phi) is 23.7. The van der Waals surface area contributed by atoms with E-state index in [1.165, 1.54) is 92.0 Å². The summed E-state index contributed by atoms with van der Waals surface area (Å²) in [5, 5.41) is 36.3. The predicted molar refractivity (Wildman–Crippen MR) is 493 cm³/mol. The highest BCUT2D eigenvalue weighted by Crippen LogP contribution is 2.49. The van der Waals surface area contributed by atoms with Crippen molar-refractivity contribution in [3.63, 3.8) is 0 Å². The van der Waals surface area contributed by atoms with Crippen LogP contribution in [0.15, 0.2) is 110 Å². The van der Waals surface area contributed by atoms with Crippen molar-refractivity contribution in [1.29, 1.82) is 0 Å². The first-order chi connectivity index (χ1) is 65.6. The summed E-state index contributed by atoms with van der Waals surface area (Å²) in [5.41, 5.74) is 22.3. The highest BCUT2D eigenvalue weighted by molar-refractivity contribution is 5.83. The Morgan fingerprint density at radius 3 is 0.824 bits per heavy atom. The number of halogens is 6. The van der Waals surface area contributed by atoms with Crippen LogP contribution in [0.1, 0.15) is 156 Å². The molecule has 0 radical (unpaired) electrons. The lowest BCUT2D eigenvalue weighted by Crippen LogP contribution is -2.35. The molecule has 712 valence electrons. The number of hydrogen-bond acceptors (Lipinski definition) is 20. The summed E-state index contributed by atoms with van der Waals surface area (Å²) >= 11 is 0. The summed E-state index contributed by atoms with van der Waals surface area (Å²) in [7, 11) is 6.87. The Bertz CT molecular complexity index is 6230. The number of fused-ring (bicyclic) bond motifs is 8. The monoisotopic (exact) mass is 1860 g/mol. The maximum atomic E-state index is 13.6. The molecule has 4 saturated heterocycles. The molecule has 0 N–H and O–H groups in total. The first-order valence-corrected chi connectivity index (χ1v) is 47.1. The zero-order valence-corrected chi connectivity index (χ0v) is 77.6. The fourth-order valence-corrected chi connectivity index (χ4v) is 21.9. The molecule has 20 heterocycles. The van der Waals surface area contributed by atoms with Crippen LogP contribution in [-0.4, -0.2) is 227 Å². The van der Waals surface area contributed by atoms with Gasteiger partial charge in [-0.15, -0.1) is 0 Å². The van der Waals surface area contributed by atoms with Crippen LogP contribution in [0.5, 0.6) is 0 Å². The normalized spacial score (nSPS) is 19.8. The summed E-state index contributed by atoms with van der Waals surface area (Å²) in [6, 6.07) is 25.1. The zero-order valence-electron chi connectivity index (χ0n) is 77.6. The Hall–Kier alpha value is -12.9. The van der Waals surface area contributed by atoms with E-state index in [0.29, 0.717) is 103 Å². The van der Waals surface area contributed by atoms with Crippen LogP contribution in [0, 0.1) is 0 Å². The molecule has 12 aliphatic rings. The van der Waals surface area contributed by atoms with Crippen LogP contribution in [0.3, 0.4) is 0 Å². The number of rotatable bonds is 12. The molecule has 0 aliphatic carbocycles. The summed E-state index contributed by atoms with van der Waals surface area (Å²) in [6.45, 7) is 20.4. The molecular formula is C98H110F6N24O8. The number of aromatic nitrogens is 16. The van der Waals surface area contributed by atoms with Crippen LogP contribution in [0.4, 0.5) is 72.4 Å². The van der Waals surface area contributed by atoms with Crippen molar-refractivity contribution in [3.05, 3.63) is 189 Å². The van der Waals surface area contributed by atoms with E-state index in [4.69, 9.17) is 39.3 Å². The van der Waals surface area contributed by atoms with Gasteiger partial charge in [-0.1, -0.05) is 24.3 Å². The minimum Gasteiger partial charge on any atom is -0.379 e. The van der Waals surface area contributed by atoms with Gasteiger partial charge in [0.2, 0.25) is 23.6 Å². The van der Waals surface area contributed by atoms with E-state index in [2.05, 4.69) is 95.1 Å². The van der Waals surface area contributed by atoms with Crippen LogP contribution in [0.25, 0.3) is 44.5 Å². The Morgan fingerprint density at radius 1 is 0.324 bits per heavy atom. The number of nitrogens with zero attached hydrogens (tertiary/aromatic N) is 24. The number of hydrogen-bond donors (Lipinski definition) is 0. The largest absolute Gasteiger partial charge is 0.435 e. The molecule has 38 heteroatoms. The molecule has 4 fully saturated rings. The second-order valence-electron chi connectivity index (χ2n) is 37.5. The second kappa shape index (κ2) is 36.0. The van der Waals surface area contributed by atoms with E-state index in [1.807, 2.05) is 92.1 Å². The molecule has 32 nitrogen and oxygen atoms in total. The van der Waals surface area contributed by atoms with Gasteiger partial charge >= 0.3 is 12.4 Å². The van der Waals surface area contributed by atoms with Gasteiger partial charge in [0, 0.05) is 275 Å².